The topological polar surface area (TPSA) is 113 Å². The number of amides is 1. The van der Waals surface area contributed by atoms with Crippen LogP contribution >= 0.6 is 11.8 Å². The van der Waals surface area contributed by atoms with E-state index in [1.54, 1.807) is 9.25 Å². The molecule has 11 heteroatoms. The van der Waals surface area contributed by atoms with Crippen LogP contribution in [0.25, 0.3) is 0 Å². The number of nitrogens with one attached hydrogen (secondary N) is 1. The van der Waals surface area contributed by atoms with Crippen molar-refractivity contribution >= 4 is 17.7 Å². The number of rotatable bonds is 8. The Bertz CT molecular complexity index is 868. The normalized spacial score (nSPS) is 17.5. The molecule has 146 valence electrons. The minimum Gasteiger partial charge on any atom is -0.355 e. The van der Waals surface area contributed by atoms with Crippen LogP contribution in [0.2, 0.25) is 0 Å². The quantitative estimate of drug-likeness (QED) is 0.511. The van der Waals surface area contributed by atoms with Gasteiger partial charge in [0.15, 0.2) is 0 Å². The van der Waals surface area contributed by atoms with Crippen molar-refractivity contribution in [2.24, 2.45) is 0 Å². The molecule has 10 nitrogen and oxygen atoms in total. The highest BCUT2D eigenvalue weighted by atomic mass is 32.2. The molecule has 1 fully saturated rings. The Labute approximate surface area is 160 Å². The summed E-state index contributed by atoms with van der Waals surface area (Å²) in [7, 11) is 0. The maximum Gasteiger partial charge on any atom is 0.345 e. The third-order valence-electron chi connectivity index (χ3n) is 4.88. The fraction of sp³-hybridized carbons (Fsp3) is 0.750. The zero-order valence-corrected chi connectivity index (χ0v) is 16.2. The van der Waals surface area contributed by atoms with Crippen LogP contribution in [0.3, 0.4) is 0 Å². The van der Waals surface area contributed by atoms with Gasteiger partial charge in [-0.05, 0) is 49.5 Å². The molecule has 3 heterocycles. The van der Waals surface area contributed by atoms with Crippen LogP contribution in [0.1, 0.15) is 50.9 Å². The third kappa shape index (κ3) is 4.07. The van der Waals surface area contributed by atoms with Gasteiger partial charge < -0.3 is 5.32 Å². The average Bonchev–Trinajstić information content (AvgIpc) is 3.34. The molecule has 0 bridgehead atoms. The van der Waals surface area contributed by atoms with Gasteiger partial charge in [-0.2, -0.15) is 5.10 Å². The second-order valence-corrected chi connectivity index (χ2v) is 8.38. The summed E-state index contributed by atoms with van der Waals surface area (Å²) in [5.74, 6) is 0.829. The predicted molar refractivity (Wildman–Crippen MR) is 98.5 cm³/mol. The number of tetrazole rings is 1. The highest BCUT2D eigenvalue weighted by Crippen LogP contribution is 2.37. The van der Waals surface area contributed by atoms with Crippen LogP contribution < -0.4 is 11.0 Å². The number of aromatic nitrogens is 7. The molecular weight excluding hydrogens is 368 g/mol. The lowest BCUT2D eigenvalue weighted by Crippen LogP contribution is -2.33. The minimum atomic E-state index is -0.281. The third-order valence-corrected chi connectivity index (χ3v) is 5.93. The van der Waals surface area contributed by atoms with Crippen molar-refractivity contribution in [1.82, 2.24) is 39.9 Å². The molecule has 0 spiro atoms. The van der Waals surface area contributed by atoms with E-state index < -0.39 is 0 Å². The zero-order valence-electron chi connectivity index (χ0n) is 15.4. The summed E-state index contributed by atoms with van der Waals surface area (Å²) in [4.78, 5) is 24.6. The summed E-state index contributed by atoms with van der Waals surface area (Å²) in [6.07, 6.45) is 5.85. The average molecular weight is 392 g/mol. The van der Waals surface area contributed by atoms with Crippen LogP contribution in [0, 0.1) is 0 Å². The molecule has 1 amide bonds. The molecular formula is C16H24N8O2S. The van der Waals surface area contributed by atoms with E-state index in [2.05, 4.69) is 25.9 Å². The van der Waals surface area contributed by atoms with Gasteiger partial charge in [-0.25, -0.2) is 14.2 Å². The van der Waals surface area contributed by atoms with E-state index in [-0.39, 0.29) is 16.8 Å². The Hall–Kier alpha value is -2.17. The molecule has 1 aliphatic heterocycles. The lowest BCUT2D eigenvalue weighted by Gasteiger charge is -2.11. The Morgan fingerprint density at radius 1 is 1.37 bits per heavy atom. The molecule has 1 aliphatic carbocycles. The number of hydrogen-bond donors (Lipinski definition) is 1. The minimum absolute atomic E-state index is 0.0353. The van der Waals surface area contributed by atoms with Gasteiger partial charge in [0, 0.05) is 26.1 Å². The first kappa shape index (κ1) is 18.2. The first-order valence-electron chi connectivity index (χ1n) is 9.52. The summed E-state index contributed by atoms with van der Waals surface area (Å²) in [6, 6.07) is 0.386. The smallest absolute Gasteiger partial charge is 0.345 e. The van der Waals surface area contributed by atoms with Gasteiger partial charge in [-0.15, -0.1) is 5.10 Å². The SMILES string of the molecule is CC(Sc1nnnn1C1CC1)C(=O)NCCCn1nc2n(c1=O)CCCC2. The largest absolute Gasteiger partial charge is 0.355 e. The van der Waals surface area contributed by atoms with E-state index in [9.17, 15) is 9.59 Å². The van der Waals surface area contributed by atoms with Crippen LogP contribution in [0.15, 0.2) is 9.95 Å². The van der Waals surface area contributed by atoms with E-state index in [1.807, 2.05) is 6.92 Å². The van der Waals surface area contributed by atoms with Gasteiger partial charge in [0.05, 0.1) is 11.3 Å². The molecule has 1 saturated carbocycles. The van der Waals surface area contributed by atoms with Crippen molar-refractivity contribution in [3.05, 3.63) is 16.3 Å². The molecule has 1 unspecified atom stereocenters. The maximum atomic E-state index is 12.3. The summed E-state index contributed by atoms with van der Waals surface area (Å²) >= 11 is 1.37. The summed E-state index contributed by atoms with van der Waals surface area (Å²) in [5.41, 5.74) is -0.0353. The van der Waals surface area contributed by atoms with Gasteiger partial charge in [0.25, 0.3) is 0 Å². The van der Waals surface area contributed by atoms with E-state index in [0.717, 1.165) is 44.5 Å². The standard InChI is InChI=1S/C16H24N8O2S/c1-11(27-15-18-20-21-24(15)12-6-7-12)14(25)17-8-4-10-23-16(26)22-9-3-2-5-13(22)19-23/h11-12H,2-10H2,1H3,(H,17,25). The highest BCUT2D eigenvalue weighted by Gasteiger charge is 2.29. The first-order chi connectivity index (χ1) is 13.1. The van der Waals surface area contributed by atoms with Crippen LogP contribution in [-0.4, -0.2) is 52.3 Å². The van der Waals surface area contributed by atoms with Crippen molar-refractivity contribution in [1.29, 1.82) is 0 Å². The number of nitrogens with zero attached hydrogens (tertiary/aromatic N) is 7. The van der Waals surface area contributed by atoms with Crippen molar-refractivity contribution in [2.45, 2.75) is 75.0 Å². The Kier molecular flexibility index (Phi) is 5.28. The van der Waals surface area contributed by atoms with E-state index in [0.29, 0.717) is 30.7 Å². The van der Waals surface area contributed by atoms with Crippen molar-refractivity contribution in [2.75, 3.05) is 6.54 Å². The molecule has 1 N–H and O–H groups in total. The predicted octanol–water partition coefficient (Wildman–Crippen LogP) is 0.390. The molecule has 2 aliphatic rings. The Morgan fingerprint density at radius 3 is 3.00 bits per heavy atom. The van der Waals surface area contributed by atoms with E-state index in [1.165, 1.54) is 16.4 Å². The van der Waals surface area contributed by atoms with E-state index >= 15 is 0 Å². The van der Waals surface area contributed by atoms with Crippen molar-refractivity contribution in [3.8, 4) is 0 Å². The number of carbonyl (C=O) groups excluding carboxylic acids is 1. The molecule has 0 saturated heterocycles. The molecule has 2 aromatic heterocycles. The molecule has 0 aromatic carbocycles. The van der Waals surface area contributed by atoms with Crippen LogP contribution in [0.4, 0.5) is 0 Å². The Balaban J connectivity index is 1.23. The first-order valence-corrected chi connectivity index (χ1v) is 10.4. The summed E-state index contributed by atoms with van der Waals surface area (Å²) < 4.78 is 5.10. The molecule has 4 rings (SSSR count). The van der Waals surface area contributed by atoms with Gasteiger partial charge in [-0.3, -0.25) is 9.36 Å². The molecule has 2 aromatic rings. The molecule has 0 radical (unpaired) electrons. The number of hydrogen-bond acceptors (Lipinski definition) is 7. The second kappa shape index (κ2) is 7.83. The number of thioether (sulfide) groups is 1. The maximum absolute atomic E-state index is 12.3. The van der Waals surface area contributed by atoms with Crippen molar-refractivity contribution < 1.29 is 4.79 Å². The molecule has 27 heavy (non-hydrogen) atoms. The van der Waals surface area contributed by atoms with Gasteiger partial charge in [0.2, 0.25) is 11.1 Å². The lowest BCUT2D eigenvalue weighted by molar-refractivity contribution is -0.120. The van der Waals surface area contributed by atoms with Crippen LogP contribution in [0.5, 0.6) is 0 Å². The zero-order chi connectivity index (χ0) is 18.8. The summed E-state index contributed by atoms with van der Waals surface area (Å²) in [6.45, 7) is 3.63. The van der Waals surface area contributed by atoms with Crippen molar-refractivity contribution in [3.63, 3.8) is 0 Å². The molecule has 1 atom stereocenters. The second-order valence-electron chi connectivity index (χ2n) is 7.07. The number of carbonyl (C=O) groups is 1. The monoisotopic (exact) mass is 392 g/mol. The number of aryl methyl sites for hydroxylation is 2. The van der Waals surface area contributed by atoms with Gasteiger partial charge in [-0.1, -0.05) is 11.8 Å². The van der Waals surface area contributed by atoms with E-state index in [4.69, 9.17) is 0 Å². The fourth-order valence-corrected chi connectivity index (χ4v) is 4.09. The van der Waals surface area contributed by atoms with Crippen LogP contribution in [-0.2, 0) is 24.3 Å². The highest BCUT2D eigenvalue weighted by molar-refractivity contribution is 8.00. The Morgan fingerprint density at radius 2 is 2.22 bits per heavy atom. The van der Waals surface area contributed by atoms with Gasteiger partial charge >= 0.3 is 5.69 Å². The van der Waals surface area contributed by atoms with Gasteiger partial charge in [0.1, 0.15) is 5.82 Å². The number of fused-ring (bicyclic) bond motifs is 1. The summed E-state index contributed by atoms with van der Waals surface area (Å²) in [5, 5.41) is 19.5. The lowest BCUT2D eigenvalue weighted by atomic mass is 10.2. The fourth-order valence-electron chi connectivity index (χ4n) is 3.20.